The highest BCUT2D eigenvalue weighted by atomic mass is 16.4. The summed E-state index contributed by atoms with van der Waals surface area (Å²) in [7, 11) is 0. The van der Waals surface area contributed by atoms with E-state index in [1.54, 1.807) is 12.2 Å². The van der Waals surface area contributed by atoms with Crippen molar-refractivity contribution >= 4 is 5.97 Å². The minimum Gasteiger partial charge on any atom is -0.478 e. The smallest absolute Gasteiger partial charge is 0.328 e. The van der Waals surface area contributed by atoms with E-state index in [1.165, 1.54) is 6.08 Å². The Bertz CT molecular complexity index is 209. The van der Waals surface area contributed by atoms with Gasteiger partial charge in [-0.15, -0.1) is 0 Å². The first-order valence-corrected chi connectivity index (χ1v) is 5.39. The van der Waals surface area contributed by atoms with Crippen molar-refractivity contribution in [3.05, 3.63) is 24.3 Å². The van der Waals surface area contributed by atoms with Gasteiger partial charge in [-0.3, -0.25) is 0 Å². The number of carboxylic acids is 1. The van der Waals surface area contributed by atoms with Crippen molar-refractivity contribution < 1.29 is 20.1 Å². The average molecular weight is 230 g/mol. The molecule has 0 heterocycles. The van der Waals surface area contributed by atoms with Crippen LogP contribution in [0.25, 0.3) is 0 Å². The number of aliphatic hydroxyl groups is 2. The third kappa shape index (κ3) is 18.6. The molecule has 0 rings (SSSR count). The van der Waals surface area contributed by atoms with E-state index in [4.69, 9.17) is 15.3 Å². The normalized spacial score (nSPS) is 12.5. The third-order valence-electron chi connectivity index (χ3n) is 1.64. The molecule has 0 aliphatic rings. The largest absolute Gasteiger partial charge is 0.478 e. The Hall–Kier alpha value is -1.13. The summed E-state index contributed by atoms with van der Waals surface area (Å²) in [4.78, 5) is 9.75. The van der Waals surface area contributed by atoms with Gasteiger partial charge in [-0.1, -0.05) is 38.0 Å². The molecule has 1 unspecified atom stereocenters. The van der Waals surface area contributed by atoms with Gasteiger partial charge in [0.15, 0.2) is 0 Å². The summed E-state index contributed by atoms with van der Waals surface area (Å²) >= 11 is 0. The number of carboxylic acid groups (broad SMARTS) is 1. The van der Waals surface area contributed by atoms with Gasteiger partial charge in [-0.25, -0.2) is 4.79 Å². The minimum atomic E-state index is -0.914. The molecule has 0 aliphatic heterocycles. The summed E-state index contributed by atoms with van der Waals surface area (Å²) in [6, 6.07) is 0. The predicted molar refractivity (Wildman–Crippen MR) is 64.2 cm³/mol. The van der Waals surface area contributed by atoms with Crippen LogP contribution in [0.3, 0.4) is 0 Å². The van der Waals surface area contributed by atoms with E-state index in [-0.39, 0.29) is 6.61 Å². The van der Waals surface area contributed by atoms with Crippen LogP contribution in [0.15, 0.2) is 24.3 Å². The highest BCUT2D eigenvalue weighted by molar-refractivity contribution is 5.80. The fourth-order valence-corrected chi connectivity index (χ4v) is 0.780. The van der Waals surface area contributed by atoms with Crippen LogP contribution in [-0.2, 0) is 4.79 Å². The molecule has 3 N–H and O–H groups in total. The molecular formula is C12H22O4. The fraction of sp³-hybridized carbons (Fsp3) is 0.583. The second-order valence-electron chi connectivity index (χ2n) is 3.20. The van der Waals surface area contributed by atoms with Crippen LogP contribution in [0.4, 0.5) is 0 Å². The number of unbranched alkanes of at least 4 members (excludes halogenated alkanes) is 1. The van der Waals surface area contributed by atoms with E-state index in [0.717, 1.165) is 25.3 Å². The predicted octanol–water partition coefficient (Wildman–Crippen LogP) is 1.73. The van der Waals surface area contributed by atoms with E-state index in [9.17, 15) is 4.79 Å². The van der Waals surface area contributed by atoms with Gasteiger partial charge >= 0.3 is 5.97 Å². The molecule has 0 saturated carbocycles. The van der Waals surface area contributed by atoms with Gasteiger partial charge in [0.25, 0.3) is 0 Å². The second-order valence-corrected chi connectivity index (χ2v) is 3.20. The van der Waals surface area contributed by atoms with Crippen LogP contribution < -0.4 is 0 Å². The Labute approximate surface area is 96.9 Å². The van der Waals surface area contributed by atoms with Crippen molar-refractivity contribution in [3.8, 4) is 0 Å². The number of hydrogen-bond acceptors (Lipinski definition) is 3. The van der Waals surface area contributed by atoms with Gasteiger partial charge in [0.05, 0.1) is 12.7 Å². The van der Waals surface area contributed by atoms with Crippen molar-refractivity contribution in [2.24, 2.45) is 0 Å². The van der Waals surface area contributed by atoms with Crippen molar-refractivity contribution in [2.75, 3.05) is 6.61 Å². The summed E-state index contributed by atoms with van der Waals surface area (Å²) in [6.07, 6.45) is 8.30. The first kappa shape index (κ1) is 17.3. The maximum Gasteiger partial charge on any atom is 0.328 e. The fourth-order valence-electron chi connectivity index (χ4n) is 0.780. The molecule has 1 atom stereocenters. The van der Waals surface area contributed by atoms with Gasteiger partial charge < -0.3 is 15.3 Å². The molecule has 0 aliphatic carbocycles. The van der Waals surface area contributed by atoms with Gasteiger partial charge in [0, 0.05) is 6.08 Å². The highest BCUT2D eigenvalue weighted by Gasteiger charge is 1.97. The maximum absolute atomic E-state index is 9.75. The number of aliphatic carboxylic acids is 1. The van der Waals surface area contributed by atoms with Crippen molar-refractivity contribution in [3.63, 3.8) is 0 Å². The number of aliphatic hydroxyl groups excluding tert-OH is 2. The minimum absolute atomic E-state index is 0.0972. The molecular weight excluding hydrogens is 208 g/mol. The van der Waals surface area contributed by atoms with Crippen LogP contribution in [0.2, 0.25) is 0 Å². The molecule has 0 radical (unpaired) electrons. The van der Waals surface area contributed by atoms with Crippen LogP contribution in [0, 0.1) is 0 Å². The number of hydrogen-bond donors (Lipinski definition) is 3. The van der Waals surface area contributed by atoms with Crippen LogP contribution in [0.1, 0.15) is 33.1 Å². The molecule has 0 aromatic rings. The molecule has 94 valence electrons. The molecule has 0 bridgehead atoms. The number of carbonyl (C=O) groups is 1. The average Bonchev–Trinajstić information content (AvgIpc) is 2.26. The second kappa shape index (κ2) is 13.9. The molecule has 0 saturated heterocycles. The van der Waals surface area contributed by atoms with Gasteiger partial charge in [0.1, 0.15) is 0 Å². The van der Waals surface area contributed by atoms with E-state index < -0.39 is 12.1 Å². The van der Waals surface area contributed by atoms with Crippen LogP contribution in [0.5, 0.6) is 0 Å². The Kier molecular flexibility index (Phi) is 15.0. The molecule has 16 heavy (non-hydrogen) atoms. The number of rotatable bonds is 6. The lowest BCUT2D eigenvalue weighted by atomic mass is 10.2. The standard InChI is InChI=1S/C6H14O2.C6H8O2/c1-2-3-4-6(8)5-7;1-2-3-4-5-6(7)8/h6-8H,2-5H2,1H3;2-5H,1H3,(H,7,8). The summed E-state index contributed by atoms with van der Waals surface area (Å²) in [5.74, 6) is -0.914. The summed E-state index contributed by atoms with van der Waals surface area (Å²) in [5.41, 5.74) is 0. The molecule has 0 fully saturated rings. The molecule has 0 aromatic carbocycles. The van der Waals surface area contributed by atoms with Crippen molar-refractivity contribution in [1.82, 2.24) is 0 Å². The Morgan fingerprint density at radius 2 is 2.00 bits per heavy atom. The van der Waals surface area contributed by atoms with Crippen LogP contribution >= 0.6 is 0 Å². The van der Waals surface area contributed by atoms with Gasteiger partial charge in [0.2, 0.25) is 0 Å². The Morgan fingerprint density at radius 3 is 2.38 bits per heavy atom. The maximum atomic E-state index is 9.75. The van der Waals surface area contributed by atoms with Crippen molar-refractivity contribution in [1.29, 1.82) is 0 Å². The zero-order valence-electron chi connectivity index (χ0n) is 9.97. The van der Waals surface area contributed by atoms with Gasteiger partial charge in [-0.05, 0) is 13.3 Å². The topological polar surface area (TPSA) is 77.8 Å². The summed E-state index contributed by atoms with van der Waals surface area (Å²) in [5, 5.41) is 25.1. The molecule has 4 heteroatoms. The lowest BCUT2D eigenvalue weighted by Gasteiger charge is -2.02. The first-order valence-electron chi connectivity index (χ1n) is 5.39. The summed E-state index contributed by atoms with van der Waals surface area (Å²) in [6.45, 7) is 3.79. The third-order valence-corrected chi connectivity index (χ3v) is 1.64. The quantitative estimate of drug-likeness (QED) is 0.479. The van der Waals surface area contributed by atoms with E-state index in [0.29, 0.717) is 0 Å². The number of allylic oxidation sites excluding steroid dienone is 3. The molecule has 4 nitrogen and oxygen atoms in total. The molecule has 0 amide bonds. The Morgan fingerprint density at radius 1 is 1.38 bits per heavy atom. The van der Waals surface area contributed by atoms with E-state index in [2.05, 4.69) is 6.92 Å². The lowest BCUT2D eigenvalue weighted by Crippen LogP contribution is -2.10. The monoisotopic (exact) mass is 230 g/mol. The zero-order chi connectivity index (χ0) is 12.8. The molecule has 0 aromatic heterocycles. The first-order chi connectivity index (χ1) is 7.58. The molecule has 0 spiro atoms. The summed E-state index contributed by atoms with van der Waals surface area (Å²) < 4.78 is 0. The van der Waals surface area contributed by atoms with E-state index >= 15 is 0 Å². The van der Waals surface area contributed by atoms with E-state index in [1.807, 2.05) is 6.92 Å². The SMILES string of the molecule is CC=CC=CC(=O)O.CCCCC(O)CO. The zero-order valence-corrected chi connectivity index (χ0v) is 9.97. The van der Waals surface area contributed by atoms with Crippen molar-refractivity contribution in [2.45, 2.75) is 39.2 Å². The van der Waals surface area contributed by atoms with Gasteiger partial charge in [-0.2, -0.15) is 0 Å². The van der Waals surface area contributed by atoms with Crippen LogP contribution in [-0.4, -0.2) is 34.0 Å². The highest BCUT2D eigenvalue weighted by Crippen LogP contribution is 1.97. The lowest BCUT2D eigenvalue weighted by molar-refractivity contribution is -0.131. The Balaban J connectivity index is 0.